The van der Waals surface area contributed by atoms with Gasteiger partial charge in [-0.15, -0.1) is 11.3 Å². The minimum absolute atomic E-state index is 0.0802. The maximum atomic E-state index is 12.8. The summed E-state index contributed by atoms with van der Waals surface area (Å²) in [5, 5.41) is 4.45. The van der Waals surface area contributed by atoms with Crippen molar-refractivity contribution in [3.05, 3.63) is 52.2 Å². The van der Waals surface area contributed by atoms with Crippen LogP contribution in [0.1, 0.15) is 15.2 Å². The first-order valence-electron chi connectivity index (χ1n) is 8.06. The molecule has 2 aromatic rings. The Labute approximate surface area is 151 Å². The number of thiophene rings is 1. The van der Waals surface area contributed by atoms with E-state index in [9.17, 15) is 13.2 Å². The number of benzene rings is 1. The summed E-state index contributed by atoms with van der Waals surface area (Å²) in [6.07, 6.45) is 0.698. The van der Waals surface area contributed by atoms with Crippen molar-refractivity contribution < 1.29 is 17.9 Å². The number of hydrogen-bond acceptors (Lipinski definition) is 5. The predicted molar refractivity (Wildman–Crippen MR) is 96.4 cm³/mol. The number of carbonyl (C=O) groups excluding carboxylic acids is 1. The van der Waals surface area contributed by atoms with Crippen LogP contribution in [0.3, 0.4) is 0 Å². The Morgan fingerprint density at radius 3 is 2.60 bits per heavy atom. The minimum Gasteiger partial charge on any atom is -0.379 e. The first-order valence-corrected chi connectivity index (χ1v) is 10.4. The zero-order chi connectivity index (χ0) is 17.7. The monoisotopic (exact) mass is 380 g/mol. The van der Waals surface area contributed by atoms with Gasteiger partial charge in [-0.3, -0.25) is 4.79 Å². The highest BCUT2D eigenvalue weighted by Crippen LogP contribution is 2.25. The molecule has 1 aliphatic rings. The number of sulfonamides is 1. The fourth-order valence-corrected chi connectivity index (χ4v) is 5.36. The molecule has 0 bridgehead atoms. The molecule has 1 fully saturated rings. The molecule has 134 valence electrons. The number of rotatable bonds is 6. The molecule has 1 saturated heterocycles. The molecule has 0 unspecified atom stereocenters. The van der Waals surface area contributed by atoms with Gasteiger partial charge in [-0.1, -0.05) is 30.3 Å². The highest BCUT2D eigenvalue weighted by atomic mass is 32.2. The summed E-state index contributed by atoms with van der Waals surface area (Å²) >= 11 is 1.15. The third kappa shape index (κ3) is 4.27. The van der Waals surface area contributed by atoms with E-state index in [0.29, 0.717) is 39.3 Å². The van der Waals surface area contributed by atoms with E-state index in [-0.39, 0.29) is 15.7 Å². The van der Waals surface area contributed by atoms with Crippen molar-refractivity contribution in [3.8, 4) is 0 Å². The van der Waals surface area contributed by atoms with Crippen LogP contribution in [0.2, 0.25) is 0 Å². The maximum absolute atomic E-state index is 12.8. The largest absolute Gasteiger partial charge is 0.379 e. The number of morpholine rings is 1. The number of amides is 1. The smallest absolute Gasteiger partial charge is 0.262 e. The van der Waals surface area contributed by atoms with Crippen molar-refractivity contribution in [1.29, 1.82) is 0 Å². The minimum atomic E-state index is -3.67. The molecule has 1 aliphatic heterocycles. The molecule has 6 nitrogen and oxygen atoms in total. The fourth-order valence-electron chi connectivity index (χ4n) is 2.64. The zero-order valence-electron chi connectivity index (χ0n) is 13.7. The van der Waals surface area contributed by atoms with E-state index in [2.05, 4.69) is 5.32 Å². The molecule has 8 heteroatoms. The lowest BCUT2D eigenvalue weighted by atomic mass is 10.1. The van der Waals surface area contributed by atoms with Gasteiger partial charge in [-0.25, -0.2) is 8.42 Å². The SMILES string of the molecule is O=C(NCCc1ccccc1)c1sccc1S(=O)(=O)N1CCOCC1. The molecule has 1 aromatic heterocycles. The molecule has 2 heterocycles. The molecular formula is C17H20N2O4S2. The number of ether oxygens (including phenoxy) is 1. The highest BCUT2D eigenvalue weighted by Gasteiger charge is 2.31. The Hall–Kier alpha value is -1.74. The number of nitrogens with one attached hydrogen (secondary N) is 1. The van der Waals surface area contributed by atoms with Crippen molar-refractivity contribution in [1.82, 2.24) is 9.62 Å². The van der Waals surface area contributed by atoms with Crippen LogP contribution >= 0.6 is 11.3 Å². The van der Waals surface area contributed by atoms with Crippen LogP contribution in [0.15, 0.2) is 46.7 Å². The average molecular weight is 380 g/mol. The van der Waals surface area contributed by atoms with Gasteiger partial charge in [0.25, 0.3) is 5.91 Å². The summed E-state index contributed by atoms with van der Waals surface area (Å²) < 4.78 is 32.1. The first kappa shape index (κ1) is 18.1. The second-order valence-electron chi connectivity index (χ2n) is 5.62. The van der Waals surface area contributed by atoms with Gasteiger partial charge in [0.1, 0.15) is 9.77 Å². The lowest BCUT2D eigenvalue weighted by Crippen LogP contribution is -2.41. The third-order valence-electron chi connectivity index (χ3n) is 3.97. The topological polar surface area (TPSA) is 75.7 Å². The van der Waals surface area contributed by atoms with Gasteiger partial charge in [0.2, 0.25) is 10.0 Å². The molecule has 3 rings (SSSR count). The summed E-state index contributed by atoms with van der Waals surface area (Å²) in [5.74, 6) is -0.349. The third-order valence-corrected chi connectivity index (χ3v) is 6.95. The highest BCUT2D eigenvalue weighted by molar-refractivity contribution is 7.89. The Morgan fingerprint density at radius 1 is 1.16 bits per heavy atom. The second kappa shape index (κ2) is 8.09. The van der Waals surface area contributed by atoms with Gasteiger partial charge in [0, 0.05) is 19.6 Å². The van der Waals surface area contributed by atoms with E-state index in [1.54, 1.807) is 5.38 Å². The van der Waals surface area contributed by atoms with E-state index in [1.807, 2.05) is 30.3 Å². The van der Waals surface area contributed by atoms with E-state index in [4.69, 9.17) is 4.74 Å². The van der Waals surface area contributed by atoms with E-state index in [0.717, 1.165) is 16.9 Å². The van der Waals surface area contributed by atoms with Crippen LogP contribution in [0.5, 0.6) is 0 Å². The molecule has 25 heavy (non-hydrogen) atoms. The lowest BCUT2D eigenvalue weighted by Gasteiger charge is -2.26. The second-order valence-corrected chi connectivity index (χ2v) is 8.44. The average Bonchev–Trinajstić information content (AvgIpc) is 3.14. The Kier molecular flexibility index (Phi) is 5.85. The zero-order valence-corrected chi connectivity index (χ0v) is 15.3. The van der Waals surface area contributed by atoms with E-state index < -0.39 is 10.0 Å². The Bertz CT molecular complexity index is 812. The summed E-state index contributed by atoms with van der Waals surface area (Å²) in [6.45, 7) is 1.84. The number of nitrogens with zero attached hydrogens (tertiary/aromatic N) is 1. The van der Waals surface area contributed by atoms with Crippen molar-refractivity contribution in [2.24, 2.45) is 0 Å². The molecule has 0 saturated carbocycles. The summed E-state index contributed by atoms with van der Waals surface area (Å²) in [6, 6.07) is 11.3. The van der Waals surface area contributed by atoms with Gasteiger partial charge >= 0.3 is 0 Å². The number of carbonyl (C=O) groups is 1. The van der Waals surface area contributed by atoms with Gasteiger partial charge in [0.05, 0.1) is 13.2 Å². The van der Waals surface area contributed by atoms with Crippen LogP contribution in [0.4, 0.5) is 0 Å². The summed E-state index contributed by atoms with van der Waals surface area (Å²) in [4.78, 5) is 12.8. The van der Waals surface area contributed by atoms with Crippen LogP contribution in [-0.2, 0) is 21.2 Å². The van der Waals surface area contributed by atoms with Crippen molar-refractivity contribution in [3.63, 3.8) is 0 Å². The van der Waals surface area contributed by atoms with Crippen LogP contribution in [0.25, 0.3) is 0 Å². The predicted octanol–water partition coefficient (Wildman–Crippen LogP) is 1.74. The maximum Gasteiger partial charge on any atom is 0.262 e. The summed E-state index contributed by atoms with van der Waals surface area (Å²) in [5.41, 5.74) is 1.12. The number of hydrogen-bond donors (Lipinski definition) is 1. The molecule has 0 atom stereocenters. The quantitative estimate of drug-likeness (QED) is 0.828. The van der Waals surface area contributed by atoms with E-state index >= 15 is 0 Å². The normalized spacial score (nSPS) is 15.8. The summed E-state index contributed by atoms with van der Waals surface area (Å²) in [7, 11) is -3.67. The Balaban J connectivity index is 1.67. The van der Waals surface area contributed by atoms with Crippen molar-refractivity contribution in [2.75, 3.05) is 32.8 Å². The van der Waals surface area contributed by atoms with Gasteiger partial charge < -0.3 is 10.1 Å². The molecule has 1 amide bonds. The van der Waals surface area contributed by atoms with Crippen molar-refractivity contribution >= 4 is 27.3 Å². The van der Waals surface area contributed by atoms with Crippen molar-refractivity contribution in [2.45, 2.75) is 11.3 Å². The molecule has 0 spiro atoms. The van der Waals surface area contributed by atoms with Gasteiger partial charge in [-0.2, -0.15) is 4.31 Å². The first-order chi connectivity index (χ1) is 12.1. The Morgan fingerprint density at radius 2 is 1.88 bits per heavy atom. The van der Waals surface area contributed by atoms with E-state index in [1.165, 1.54) is 10.4 Å². The van der Waals surface area contributed by atoms with Crippen LogP contribution in [-0.4, -0.2) is 51.5 Å². The standard InChI is InChI=1S/C17H20N2O4S2/c20-17(18-8-6-14-4-2-1-3-5-14)16-15(7-13-24-16)25(21,22)19-9-11-23-12-10-19/h1-5,7,13H,6,8-12H2,(H,18,20). The van der Waals surface area contributed by atoms with Gasteiger partial charge in [-0.05, 0) is 23.4 Å². The lowest BCUT2D eigenvalue weighted by molar-refractivity contribution is 0.0730. The van der Waals surface area contributed by atoms with Crippen LogP contribution in [0, 0.1) is 0 Å². The van der Waals surface area contributed by atoms with Crippen LogP contribution < -0.4 is 5.32 Å². The molecule has 0 radical (unpaired) electrons. The molecule has 0 aliphatic carbocycles. The fraction of sp³-hybridized carbons (Fsp3) is 0.353. The van der Waals surface area contributed by atoms with Gasteiger partial charge in [0.15, 0.2) is 0 Å². The molecule has 1 N–H and O–H groups in total. The molecular weight excluding hydrogens is 360 g/mol. The molecule has 1 aromatic carbocycles.